The predicted molar refractivity (Wildman–Crippen MR) is 95.2 cm³/mol. The molecule has 0 saturated carbocycles. The smallest absolute Gasteiger partial charge is 0.106 e. The molecule has 1 aromatic carbocycles. The first-order chi connectivity index (χ1) is 10.2. The summed E-state index contributed by atoms with van der Waals surface area (Å²) >= 11 is 11.9. The van der Waals surface area contributed by atoms with Gasteiger partial charge >= 0.3 is 0 Å². The van der Waals surface area contributed by atoms with Crippen molar-refractivity contribution in [2.24, 2.45) is 0 Å². The summed E-state index contributed by atoms with van der Waals surface area (Å²) in [4.78, 5) is 4.48. The number of fused-ring (bicyclic) bond motifs is 2. The molecule has 2 nitrogen and oxygen atoms in total. The Bertz CT molecular complexity index is 795. The van der Waals surface area contributed by atoms with Gasteiger partial charge in [0.25, 0.3) is 0 Å². The molecule has 1 N–H and O–H groups in total. The summed E-state index contributed by atoms with van der Waals surface area (Å²) in [6.07, 6.45) is 1.10. The average molecular weight is 353 g/mol. The summed E-state index contributed by atoms with van der Waals surface area (Å²) in [6.45, 7) is 2.28. The van der Waals surface area contributed by atoms with Gasteiger partial charge in [0, 0.05) is 5.25 Å². The maximum absolute atomic E-state index is 6.42. The second-order valence-corrected chi connectivity index (χ2v) is 9.06. The van der Waals surface area contributed by atoms with Crippen molar-refractivity contribution in [2.75, 3.05) is 5.32 Å². The van der Waals surface area contributed by atoms with Crippen molar-refractivity contribution in [2.45, 2.75) is 28.8 Å². The molecule has 3 heterocycles. The lowest BCUT2D eigenvalue weighted by Gasteiger charge is -2.28. The van der Waals surface area contributed by atoms with Crippen LogP contribution in [0.4, 0.5) is 5.69 Å². The van der Waals surface area contributed by atoms with E-state index in [9.17, 15) is 0 Å². The van der Waals surface area contributed by atoms with Gasteiger partial charge in [-0.05, 0) is 35.6 Å². The number of nitrogens with zero attached hydrogens (tertiary/aromatic N) is 1. The molecule has 0 saturated heterocycles. The standard InChI is InChI=1S/C15H13ClN2S3/c1-8-6-11(9-4-5-19-15(9)21-8)18-13-10(16)2-3-12-14(13)17-7-20-12/h2-5,7-8,11,18H,6H2,1H3/t8-,11?/m0/s1. The summed E-state index contributed by atoms with van der Waals surface area (Å²) in [6, 6.07) is 6.54. The van der Waals surface area contributed by atoms with E-state index >= 15 is 0 Å². The minimum Gasteiger partial charge on any atom is -0.375 e. The lowest BCUT2D eigenvalue weighted by atomic mass is 10.0. The highest BCUT2D eigenvalue weighted by Crippen LogP contribution is 2.46. The van der Waals surface area contributed by atoms with Crippen LogP contribution in [0.5, 0.6) is 0 Å². The predicted octanol–water partition coefficient (Wildman–Crippen LogP) is 6.05. The monoisotopic (exact) mass is 352 g/mol. The van der Waals surface area contributed by atoms with Crippen LogP contribution >= 0.6 is 46.0 Å². The number of hydrogen-bond donors (Lipinski definition) is 1. The lowest BCUT2D eigenvalue weighted by Crippen LogP contribution is -2.19. The van der Waals surface area contributed by atoms with Crippen LogP contribution in [0, 0.1) is 0 Å². The Balaban J connectivity index is 1.76. The molecule has 0 amide bonds. The molecule has 0 spiro atoms. The number of aromatic nitrogens is 1. The summed E-state index contributed by atoms with van der Waals surface area (Å²) < 4.78 is 2.60. The first kappa shape index (κ1) is 13.9. The van der Waals surface area contributed by atoms with Crippen LogP contribution < -0.4 is 5.32 Å². The Morgan fingerprint density at radius 1 is 1.29 bits per heavy atom. The first-order valence-electron chi connectivity index (χ1n) is 6.74. The largest absolute Gasteiger partial charge is 0.375 e. The Hall–Kier alpha value is -0.750. The molecule has 21 heavy (non-hydrogen) atoms. The average Bonchev–Trinajstić information content (AvgIpc) is 3.09. The summed E-state index contributed by atoms with van der Waals surface area (Å²) in [5.41, 5.74) is 5.22. The topological polar surface area (TPSA) is 24.9 Å². The van der Waals surface area contributed by atoms with Gasteiger partial charge in [0.05, 0.1) is 31.2 Å². The molecule has 3 aromatic rings. The minimum absolute atomic E-state index is 0.312. The van der Waals surface area contributed by atoms with E-state index in [1.54, 1.807) is 11.3 Å². The quantitative estimate of drug-likeness (QED) is 0.607. The number of thiophene rings is 1. The van der Waals surface area contributed by atoms with Crippen molar-refractivity contribution < 1.29 is 0 Å². The normalized spacial score (nSPS) is 21.4. The number of halogens is 1. The van der Waals surface area contributed by atoms with E-state index in [2.05, 4.69) is 28.7 Å². The maximum atomic E-state index is 6.42. The molecular weight excluding hydrogens is 340 g/mol. The van der Waals surface area contributed by atoms with E-state index in [1.165, 1.54) is 14.5 Å². The number of hydrogen-bond acceptors (Lipinski definition) is 5. The van der Waals surface area contributed by atoms with Crippen molar-refractivity contribution >= 4 is 61.9 Å². The fourth-order valence-electron chi connectivity index (χ4n) is 2.70. The second-order valence-electron chi connectivity index (χ2n) is 5.15. The highest BCUT2D eigenvalue weighted by molar-refractivity contribution is 8.01. The number of thiazole rings is 1. The van der Waals surface area contributed by atoms with Crippen LogP contribution in [0.15, 0.2) is 33.3 Å². The second kappa shape index (κ2) is 5.47. The Kier molecular flexibility index (Phi) is 3.61. The van der Waals surface area contributed by atoms with Crippen LogP contribution in [-0.2, 0) is 0 Å². The highest BCUT2D eigenvalue weighted by atomic mass is 35.5. The van der Waals surface area contributed by atoms with Gasteiger partial charge in [-0.1, -0.05) is 18.5 Å². The molecule has 2 aromatic heterocycles. The van der Waals surface area contributed by atoms with Crippen molar-refractivity contribution in [3.8, 4) is 0 Å². The van der Waals surface area contributed by atoms with Crippen LogP contribution in [0.3, 0.4) is 0 Å². The molecule has 0 bridgehead atoms. The molecule has 108 valence electrons. The fourth-order valence-corrected chi connectivity index (χ4v) is 6.16. The zero-order valence-electron chi connectivity index (χ0n) is 11.3. The van der Waals surface area contributed by atoms with Gasteiger partial charge in [0.1, 0.15) is 5.52 Å². The molecule has 0 aliphatic carbocycles. The van der Waals surface area contributed by atoms with Gasteiger partial charge in [-0.15, -0.1) is 34.4 Å². The van der Waals surface area contributed by atoms with Crippen molar-refractivity contribution in [1.82, 2.24) is 4.98 Å². The van der Waals surface area contributed by atoms with E-state index in [0.29, 0.717) is 11.3 Å². The van der Waals surface area contributed by atoms with Crippen molar-refractivity contribution in [1.29, 1.82) is 0 Å². The lowest BCUT2D eigenvalue weighted by molar-refractivity contribution is 0.670. The zero-order valence-corrected chi connectivity index (χ0v) is 14.5. The molecule has 4 rings (SSSR count). The minimum atomic E-state index is 0.312. The van der Waals surface area contributed by atoms with Gasteiger partial charge in [-0.2, -0.15) is 0 Å². The third-order valence-corrected chi connectivity index (χ3v) is 7.13. The van der Waals surface area contributed by atoms with E-state index in [0.717, 1.165) is 22.6 Å². The molecule has 0 radical (unpaired) electrons. The van der Waals surface area contributed by atoms with Crippen LogP contribution in [0.1, 0.15) is 24.9 Å². The third kappa shape index (κ3) is 2.46. The van der Waals surface area contributed by atoms with Crippen molar-refractivity contribution in [3.63, 3.8) is 0 Å². The molecule has 2 atom stereocenters. The van der Waals surface area contributed by atoms with Crippen LogP contribution in [0.25, 0.3) is 10.2 Å². The Labute approximate surface area is 140 Å². The fraction of sp³-hybridized carbons (Fsp3) is 0.267. The maximum Gasteiger partial charge on any atom is 0.106 e. The van der Waals surface area contributed by atoms with Gasteiger partial charge in [0.2, 0.25) is 0 Å². The highest BCUT2D eigenvalue weighted by Gasteiger charge is 2.27. The van der Waals surface area contributed by atoms with Crippen molar-refractivity contribution in [3.05, 3.63) is 39.7 Å². The Morgan fingerprint density at radius 2 is 2.19 bits per heavy atom. The van der Waals surface area contributed by atoms with Gasteiger partial charge in [-0.25, -0.2) is 4.98 Å². The van der Waals surface area contributed by atoms with Gasteiger partial charge < -0.3 is 5.32 Å². The third-order valence-electron chi connectivity index (χ3n) is 3.68. The molecule has 1 aliphatic heterocycles. The van der Waals surface area contributed by atoms with Crippen LogP contribution in [0.2, 0.25) is 5.02 Å². The summed E-state index contributed by atoms with van der Waals surface area (Å²) in [5.74, 6) is 0. The number of rotatable bonds is 2. The van der Waals surface area contributed by atoms with E-state index in [4.69, 9.17) is 11.6 Å². The van der Waals surface area contributed by atoms with Crippen LogP contribution in [-0.4, -0.2) is 10.2 Å². The number of benzene rings is 1. The first-order valence-corrected chi connectivity index (χ1v) is 9.76. The molecule has 6 heteroatoms. The molecular formula is C15H13ClN2S3. The number of nitrogens with one attached hydrogen (secondary N) is 1. The number of anilines is 1. The molecule has 1 unspecified atom stereocenters. The van der Waals surface area contributed by atoms with Gasteiger partial charge in [0.15, 0.2) is 0 Å². The van der Waals surface area contributed by atoms with E-state index in [-0.39, 0.29) is 0 Å². The van der Waals surface area contributed by atoms with Gasteiger partial charge in [-0.3, -0.25) is 0 Å². The SMILES string of the molecule is C[C@H]1CC(Nc2c(Cl)ccc3scnc23)c2ccsc2S1. The zero-order chi connectivity index (χ0) is 14.4. The van der Waals surface area contributed by atoms with E-state index < -0.39 is 0 Å². The van der Waals surface area contributed by atoms with E-state index in [1.807, 2.05) is 40.7 Å². The number of thioether (sulfide) groups is 1. The Morgan fingerprint density at radius 3 is 3.10 bits per heavy atom. The summed E-state index contributed by atoms with van der Waals surface area (Å²) in [7, 11) is 0. The molecule has 0 fully saturated rings. The summed E-state index contributed by atoms with van der Waals surface area (Å²) in [5, 5.41) is 7.19. The molecule has 1 aliphatic rings.